The minimum Gasteiger partial charge on any atom is -0.410 e. The van der Waals surface area contributed by atoms with E-state index in [-0.39, 0.29) is 27.8 Å². The van der Waals surface area contributed by atoms with Crippen molar-refractivity contribution < 1.29 is 27.1 Å². The second-order valence-corrected chi connectivity index (χ2v) is 6.80. The number of anilines is 1. The number of halogens is 4. The highest BCUT2D eigenvalue weighted by molar-refractivity contribution is 7.79. The van der Waals surface area contributed by atoms with Gasteiger partial charge < -0.3 is 4.74 Å². The summed E-state index contributed by atoms with van der Waals surface area (Å²) in [6.07, 6.45) is -7.23. The summed E-state index contributed by atoms with van der Waals surface area (Å²) in [5.74, 6) is -5.23. The highest BCUT2D eigenvalue weighted by Gasteiger charge is 2.67. The van der Waals surface area contributed by atoms with Crippen molar-refractivity contribution in [2.24, 2.45) is 0 Å². The van der Waals surface area contributed by atoms with Crippen molar-refractivity contribution in [1.82, 2.24) is 9.78 Å². The van der Waals surface area contributed by atoms with E-state index in [4.69, 9.17) is 4.74 Å². The number of benzene rings is 2. The minimum atomic E-state index is -5.57. The third-order valence-electron chi connectivity index (χ3n) is 4.71. The molecular formula is C20H12F4N4O2S. The maximum atomic E-state index is 16.1. The summed E-state index contributed by atoms with van der Waals surface area (Å²) in [5.41, 5.74) is -1.55. The lowest BCUT2D eigenvalue weighted by Crippen LogP contribution is -2.59. The molecule has 0 radical (unpaired) electrons. The number of para-hydroxylation sites is 2. The van der Waals surface area contributed by atoms with Crippen LogP contribution in [0.1, 0.15) is 16.8 Å². The number of carbonyl (C=O) groups is 1. The van der Waals surface area contributed by atoms with Gasteiger partial charge in [-0.2, -0.15) is 36.2 Å². The van der Waals surface area contributed by atoms with Crippen LogP contribution in [0.2, 0.25) is 0 Å². The van der Waals surface area contributed by atoms with Crippen LogP contribution in [0, 0.1) is 11.3 Å². The van der Waals surface area contributed by atoms with Crippen molar-refractivity contribution in [2.75, 3.05) is 4.90 Å². The zero-order valence-electron chi connectivity index (χ0n) is 15.5. The van der Waals surface area contributed by atoms with Gasteiger partial charge in [-0.25, -0.2) is 18.8 Å². The molecule has 0 spiro atoms. The number of alkyl halides is 4. The molecule has 1 atom stereocenters. The number of carbonyl (C=O) groups excluding carboxylic acids is 1. The van der Waals surface area contributed by atoms with E-state index in [1.54, 1.807) is 12.1 Å². The van der Waals surface area contributed by atoms with Crippen molar-refractivity contribution in [3.8, 4) is 17.5 Å². The predicted octanol–water partition coefficient (Wildman–Crippen LogP) is 4.88. The number of fused-ring (bicyclic) bond motifs is 3. The SMILES string of the molecule is N#Cc1c(CS)nn2c1N(C(=O)Oc1ccccc1)C(F)(C(F)(F)F)c1ccccc1-2. The molecule has 3 aromatic rings. The zero-order chi connectivity index (χ0) is 22.4. The van der Waals surface area contributed by atoms with Gasteiger partial charge in [0.1, 0.15) is 17.4 Å². The summed E-state index contributed by atoms with van der Waals surface area (Å²) in [7, 11) is 0. The van der Waals surface area contributed by atoms with Crippen molar-refractivity contribution in [3.05, 3.63) is 71.4 Å². The molecule has 0 saturated carbocycles. The molecule has 31 heavy (non-hydrogen) atoms. The van der Waals surface area contributed by atoms with E-state index in [1.165, 1.54) is 42.5 Å². The summed E-state index contributed by atoms with van der Waals surface area (Å²) < 4.78 is 64.7. The van der Waals surface area contributed by atoms with Crippen molar-refractivity contribution in [2.45, 2.75) is 17.7 Å². The van der Waals surface area contributed by atoms with Crippen LogP contribution < -0.4 is 9.64 Å². The fourth-order valence-corrected chi connectivity index (χ4v) is 3.61. The number of thiol groups is 1. The largest absolute Gasteiger partial charge is 0.447 e. The Labute approximate surface area is 178 Å². The van der Waals surface area contributed by atoms with Crippen LogP contribution in [-0.2, 0) is 11.5 Å². The summed E-state index contributed by atoms with van der Waals surface area (Å²) in [6, 6.07) is 13.7. The lowest BCUT2D eigenvalue weighted by molar-refractivity contribution is -0.234. The summed E-state index contributed by atoms with van der Waals surface area (Å²) in [4.78, 5) is 12.8. The van der Waals surface area contributed by atoms with E-state index in [2.05, 4.69) is 17.7 Å². The Kier molecular flexibility index (Phi) is 4.89. The lowest BCUT2D eigenvalue weighted by atomic mass is 9.97. The van der Waals surface area contributed by atoms with Gasteiger partial charge in [-0.1, -0.05) is 36.4 Å². The normalized spacial score (nSPS) is 17.5. The summed E-state index contributed by atoms with van der Waals surface area (Å²) in [6.45, 7) is 0. The molecule has 1 unspecified atom stereocenters. The van der Waals surface area contributed by atoms with E-state index in [1.807, 2.05) is 0 Å². The van der Waals surface area contributed by atoms with E-state index in [0.717, 1.165) is 10.7 Å². The fraction of sp³-hybridized carbons (Fsp3) is 0.150. The fourth-order valence-electron chi connectivity index (χ4n) is 3.38. The van der Waals surface area contributed by atoms with Gasteiger partial charge in [0.25, 0.3) is 0 Å². The molecule has 0 saturated heterocycles. The van der Waals surface area contributed by atoms with Gasteiger partial charge in [0.15, 0.2) is 5.82 Å². The Bertz CT molecular complexity index is 1210. The molecule has 0 fully saturated rings. The first-order valence-electron chi connectivity index (χ1n) is 8.79. The topological polar surface area (TPSA) is 71.2 Å². The van der Waals surface area contributed by atoms with Gasteiger partial charge in [0, 0.05) is 11.3 Å². The van der Waals surface area contributed by atoms with Crippen LogP contribution in [0.5, 0.6) is 5.75 Å². The molecule has 6 nitrogen and oxygen atoms in total. The number of nitrogens with zero attached hydrogens (tertiary/aromatic N) is 4. The standard InChI is InChI=1S/C20H12F4N4O2S/c21-19(20(22,23)24)14-8-4-5-9-16(14)28-17(13(10-25)15(11-31)26-28)27(19)18(29)30-12-6-2-1-3-7-12/h1-9,31H,11H2. The quantitative estimate of drug-likeness (QED) is 0.345. The molecule has 158 valence electrons. The Morgan fingerprint density at radius 3 is 2.42 bits per heavy atom. The van der Waals surface area contributed by atoms with Gasteiger partial charge in [-0.3, -0.25) is 0 Å². The van der Waals surface area contributed by atoms with Gasteiger partial charge in [0.2, 0.25) is 0 Å². The van der Waals surface area contributed by atoms with Crippen LogP contribution in [0.3, 0.4) is 0 Å². The Balaban J connectivity index is 2.02. The molecule has 0 aliphatic carbocycles. The van der Waals surface area contributed by atoms with Crippen molar-refractivity contribution in [3.63, 3.8) is 0 Å². The first-order chi connectivity index (χ1) is 14.7. The Morgan fingerprint density at radius 1 is 1.16 bits per heavy atom. The van der Waals surface area contributed by atoms with Crippen LogP contribution >= 0.6 is 12.6 Å². The average Bonchev–Trinajstić information content (AvgIpc) is 3.12. The average molecular weight is 448 g/mol. The molecule has 1 amide bonds. The second kappa shape index (κ2) is 7.31. The number of ether oxygens (including phenoxy) is 1. The number of hydrogen-bond acceptors (Lipinski definition) is 5. The predicted molar refractivity (Wildman–Crippen MR) is 105 cm³/mol. The van der Waals surface area contributed by atoms with Gasteiger partial charge >= 0.3 is 18.1 Å². The number of nitriles is 1. The first-order valence-corrected chi connectivity index (χ1v) is 9.42. The van der Waals surface area contributed by atoms with Crippen LogP contribution in [0.25, 0.3) is 5.69 Å². The molecular weight excluding hydrogens is 436 g/mol. The minimum absolute atomic E-state index is 0.0143. The van der Waals surface area contributed by atoms with E-state index >= 15 is 4.39 Å². The van der Waals surface area contributed by atoms with Crippen molar-refractivity contribution >= 4 is 24.5 Å². The molecule has 1 aliphatic rings. The highest BCUT2D eigenvalue weighted by Crippen LogP contribution is 2.53. The van der Waals surface area contributed by atoms with Crippen LogP contribution in [-0.4, -0.2) is 22.1 Å². The molecule has 0 N–H and O–H groups in total. The van der Waals surface area contributed by atoms with Gasteiger partial charge in [-0.05, 0) is 18.2 Å². The molecule has 1 aliphatic heterocycles. The molecule has 2 heterocycles. The molecule has 0 bridgehead atoms. The number of hydrogen-bond donors (Lipinski definition) is 1. The first kappa shape index (κ1) is 20.7. The number of aromatic nitrogens is 2. The number of amides is 1. The zero-order valence-corrected chi connectivity index (χ0v) is 16.4. The second-order valence-electron chi connectivity index (χ2n) is 6.48. The van der Waals surface area contributed by atoms with Gasteiger partial charge in [0.05, 0.1) is 11.4 Å². The smallest absolute Gasteiger partial charge is 0.410 e. The molecule has 11 heteroatoms. The maximum absolute atomic E-state index is 16.1. The van der Waals surface area contributed by atoms with E-state index in [9.17, 15) is 23.2 Å². The summed E-state index contributed by atoms with van der Waals surface area (Å²) in [5, 5.41) is 13.7. The van der Waals surface area contributed by atoms with E-state index in [0.29, 0.717) is 0 Å². The van der Waals surface area contributed by atoms with Gasteiger partial charge in [-0.15, -0.1) is 0 Å². The third kappa shape index (κ3) is 3.02. The van der Waals surface area contributed by atoms with Crippen LogP contribution in [0.15, 0.2) is 54.6 Å². The third-order valence-corrected chi connectivity index (χ3v) is 5.01. The van der Waals surface area contributed by atoms with Crippen LogP contribution in [0.4, 0.5) is 28.2 Å². The molecule has 4 rings (SSSR count). The Morgan fingerprint density at radius 2 is 1.81 bits per heavy atom. The van der Waals surface area contributed by atoms with E-state index < -0.39 is 35.0 Å². The Hall–Kier alpha value is -3.52. The molecule has 2 aromatic carbocycles. The lowest BCUT2D eigenvalue weighted by Gasteiger charge is -2.41. The number of rotatable bonds is 2. The molecule has 1 aromatic heterocycles. The monoisotopic (exact) mass is 448 g/mol. The van der Waals surface area contributed by atoms with Crippen molar-refractivity contribution in [1.29, 1.82) is 5.26 Å². The highest BCUT2D eigenvalue weighted by atomic mass is 32.1. The maximum Gasteiger partial charge on any atom is 0.447 e. The summed E-state index contributed by atoms with van der Waals surface area (Å²) >= 11 is 4.05.